The monoisotopic (exact) mass is 342 g/mol. The Labute approximate surface area is 144 Å². The summed E-state index contributed by atoms with van der Waals surface area (Å²) >= 11 is 0. The lowest BCUT2D eigenvalue weighted by Crippen LogP contribution is -2.42. The summed E-state index contributed by atoms with van der Waals surface area (Å²) in [7, 11) is 1.34. The first-order valence-electron chi connectivity index (χ1n) is 7.87. The molecule has 1 aliphatic heterocycles. The summed E-state index contributed by atoms with van der Waals surface area (Å²) in [6.07, 6.45) is 1.55. The number of benzene rings is 1. The van der Waals surface area contributed by atoms with E-state index in [-0.39, 0.29) is 23.5 Å². The molecule has 1 aromatic heterocycles. The van der Waals surface area contributed by atoms with Crippen molar-refractivity contribution in [2.24, 2.45) is 0 Å². The number of anilines is 1. The zero-order valence-corrected chi connectivity index (χ0v) is 13.9. The highest BCUT2D eigenvalue weighted by molar-refractivity contribution is 6.03. The zero-order chi connectivity index (χ0) is 18.0. The zero-order valence-electron chi connectivity index (χ0n) is 13.9. The van der Waals surface area contributed by atoms with Crippen LogP contribution in [0.25, 0.3) is 0 Å². The topological polar surface area (TPSA) is 88.8 Å². The summed E-state index contributed by atoms with van der Waals surface area (Å²) in [6.45, 7) is 1.92. The Morgan fingerprint density at radius 3 is 2.64 bits per heavy atom. The maximum atomic E-state index is 12.6. The molecule has 2 aromatic rings. The predicted octanol–water partition coefficient (Wildman–Crippen LogP) is 1.57. The SMILES string of the molecule is COc1coc(C(=O)NC2CC(C)N(c3ccccc3)C2=O)cc1=O. The van der Waals surface area contributed by atoms with Gasteiger partial charge in [-0.25, -0.2) is 0 Å². The molecule has 1 N–H and O–H groups in total. The molecule has 1 fully saturated rings. The van der Waals surface area contributed by atoms with Gasteiger partial charge in [0.1, 0.15) is 12.3 Å². The van der Waals surface area contributed by atoms with Gasteiger partial charge in [-0.3, -0.25) is 14.4 Å². The third kappa shape index (κ3) is 3.26. The van der Waals surface area contributed by atoms with Crippen molar-refractivity contribution in [2.45, 2.75) is 25.4 Å². The molecule has 1 aliphatic rings. The van der Waals surface area contributed by atoms with Gasteiger partial charge >= 0.3 is 0 Å². The van der Waals surface area contributed by atoms with E-state index < -0.39 is 17.4 Å². The minimum absolute atomic E-state index is 0.0115. The van der Waals surface area contributed by atoms with Crippen molar-refractivity contribution in [1.29, 1.82) is 0 Å². The highest BCUT2D eigenvalue weighted by Crippen LogP contribution is 2.26. The van der Waals surface area contributed by atoms with Crippen LogP contribution in [0, 0.1) is 0 Å². The number of para-hydroxylation sites is 1. The lowest BCUT2D eigenvalue weighted by molar-refractivity contribution is -0.118. The summed E-state index contributed by atoms with van der Waals surface area (Å²) < 4.78 is 9.92. The highest BCUT2D eigenvalue weighted by Gasteiger charge is 2.39. The molecule has 0 saturated carbocycles. The standard InChI is InChI=1S/C18H18N2O5/c1-11-8-13(18(23)20(11)12-6-4-3-5-7-12)19-17(22)15-9-14(21)16(24-2)10-25-15/h3-7,9-11,13H,8H2,1-2H3,(H,19,22). The first-order valence-corrected chi connectivity index (χ1v) is 7.87. The van der Waals surface area contributed by atoms with Gasteiger partial charge in [0.2, 0.25) is 17.1 Å². The van der Waals surface area contributed by atoms with Crippen molar-refractivity contribution in [3.8, 4) is 5.75 Å². The van der Waals surface area contributed by atoms with Gasteiger partial charge in [0.15, 0.2) is 5.76 Å². The fourth-order valence-corrected chi connectivity index (χ4v) is 2.92. The summed E-state index contributed by atoms with van der Waals surface area (Å²) in [6, 6.07) is 9.60. The number of rotatable bonds is 4. The molecule has 130 valence electrons. The third-order valence-electron chi connectivity index (χ3n) is 4.13. The average Bonchev–Trinajstić information content (AvgIpc) is 2.89. The summed E-state index contributed by atoms with van der Waals surface area (Å²) in [5.74, 6) is -0.954. The van der Waals surface area contributed by atoms with Crippen molar-refractivity contribution < 1.29 is 18.7 Å². The van der Waals surface area contributed by atoms with E-state index >= 15 is 0 Å². The van der Waals surface area contributed by atoms with Crippen LogP contribution in [0.3, 0.4) is 0 Å². The van der Waals surface area contributed by atoms with Gasteiger partial charge in [-0.2, -0.15) is 0 Å². The Balaban J connectivity index is 1.75. The Hall–Kier alpha value is -3.09. The number of carbonyl (C=O) groups is 2. The van der Waals surface area contributed by atoms with E-state index in [1.54, 1.807) is 4.90 Å². The molecular formula is C18H18N2O5. The smallest absolute Gasteiger partial charge is 0.287 e. The number of carbonyl (C=O) groups excluding carboxylic acids is 2. The Morgan fingerprint density at radius 1 is 1.28 bits per heavy atom. The van der Waals surface area contributed by atoms with Crippen LogP contribution in [0.2, 0.25) is 0 Å². The van der Waals surface area contributed by atoms with E-state index in [1.807, 2.05) is 37.3 Å². The Morgan fingerprint density at radius 2 is 2.00 bits per heavy atom. The van der Waals surface area contributed by atoms with Crippen LogP contribution in [-0.4, -0.2) is 31.0 Å². The van der Waals surface area contributed by atoms with Crippen molar-refractivity contribution in [3.05, 3.63) is 58.6 Å². The second-order valence-electron chi connectivity index (χ2n) is 5.83. The van der Waals surface area contributed by atoms with E-state index in [0.717, 1.165) is 18.0 Å². The molecule has 7 nitrogen and oxygen atoms in total. The minimum Gasteiger partial charge on any atom is -0.490 e. The van der Waals surface area contributed by atoms with Gasteiger partial charge in [0.25, 0.3) is 5.91 Å². The highest BCUT2D eigenvalue weighted by atomic mass is 16.5. The molecule has 1 saturated heterocycles. The van der Waals surface area contributed by atoms with Crippen LogP contribution in [-0.2, 0) is 4.79 Å². The van der Waals surface area contributed by atoms with E-state index in [0.29, 0.717) is 6.42 Å². The van der Waals surface area contributed by atoms with Gasteiger partial charge in [0, 0.05) is 17.8 Å². The number of hydrogen-bond acceptors (Lipinski definition) is 5. The van der Waals surface area contributed by atoms with Crippen LogP contribution < -0.4 is 20.4 Å². The van der Waals surface area contributed by atoms with Crippen molar-refractivity contribution in [1.82, 2.24) is 5.32 Å². The molecule has 7 heteroatoms. The first kappa shape index (κ1) is 16.8. The average molecular weight is 342 g/mol. The fraction of sp³-hybridized carbons (Fsp3) is 0.278. The van der Waals surface area contributed by atoms with Gasteiger partial charge < -0.3 is 19.4 Å². The Bertz CT molecular complexity index is 846. The van der Waals surface area contributed by atoms with Crippen molar-refractivity contribution >= 4 is 17.5 Å². The van der Waals surface area contributed by atoms with Crippen LogP contribution in [0.5, 0.6) is 5.75 Å². The normalized spacial score (nSPS) is 19.8. The molecule has 25 heavy (non-hydrogen) atoms. The molecule has 2 heterocycles. The maximum Gasteiger partial charge on any atom is 0.287 e. The number of hydrogen-bond donors (Lipinski definition) is 1. The number of ether oxygens (including phenoxy) is 1. The predicted molar refractivity (Wildman–Crippen MR) is 90.8 cm³/mol. The summed E-state index contributed by atoms with van der Waals surface area (Å²) in [5, 5.41) is 2.64. The van der Waals surface area contributed by atoms with Crippen molar-refractivity contribution in [3.63, 3.8) is 0 Å². The number of amides is 2. The van der Waals surface area contributed by atoms with E-state index in [4.69, 9.17) is 9.15 Å². The van der Waals surface area contributed by atoms with Crippen LogP contribution in [0.4, 0.5) is 5.69 Å². The van der Waals surface area contributed by atoms with E-state index in [9.17, 15) is 14.4 Å². The molecular weight excluding hydrogens is 324 g/mol. The fourth-order valence-electron chi connectivity index (χ4n) is 2.92. The molecule has 0 spiro atoms. The molecule has 0 radical (unpaired) electrons. The molecule has 3 rings (SSSR count). The summed E-state index contributed by atoms with van der Waals surface area (Å²) in [5.41, 5.74) is 0.323. The molecule has 0 bridgehead atoms. The molecule has 2 unspecified atom stereocenters. The van der Waals surface area contributed by atoms with Gasteiger partial charge in [0.05, 0.1) is 7.11 Å². The van der Waals surface area contributed by atoms with Crippen LogP contribution >= 0.6 is 0 Å². The third-order valence-corrected chi connectivity index (χ3v) is 4.13. The minimum atomic E-state index is -0.671. The quantitative estimate of drug-likeness (QED) is 0.911. The molecule has 1 aromatic carbocycles. The first-order chi connectivity index (χ1) is 12.0. The van der Waals surface area contributed by atoms with E-state index in [1.165, 1.54) is 7.11 Å². The molecule has 2 amide bonds. The van der Waals surface area contributed by atoms with Crippen LogP contribution in [0.15, 0.2) is 51.9 Å². The lowest BCUT2D eigenvalue weighted by Gasteiger charge is -2.21. The number of nitrogens with zero attached hydrogens (tertiary/aromatic N) is 1. The van der Waals surface area contributed by atoms with Gasteiger partial charge in [-0.1, -0.05) is 18.2 Å². The number of methoxy groups -OCH3 is 1. The van der Waals surface area contributed by atoms with Gasteiger partial charge in [-0.15, -0.1) is 0 Å². The molecule has 0 aliphatic carbocycles. The second-order valence-corrected chi connectivity index (χ2v) is 5.83. The largest absolute Gasteiger partial charge is 0.490 e. The van der Waals surface area contributed by atoms with E-state index in [2.05, 4.69) is 5.32 Å². The maximum absolute atomic E-state index is 12.6. The van der Waals surface area contributed by atoms with Crippen LogP contribution in [0.1, 0.15) is 23.9 Å². The second kappa shape index (κ2) is 6.80. The van der Waals surface area contributed by atoms with Crippen molar-refractivity contribution in [2.75, 3.05) is 12.0 Å². The lowest BCUT2D eigenvalue weighted by atomic mass is 10.2. The van der Waals surface area contributed by atoms with Gasteiger partial charge in [-0.05, 0) is 25.5 Å². The Kier molecular flexibility index (Phi) is 4.56. The number of nitrogens with one attached hydrogen (secondary N) is 1. The molecule has 2 atom stereocenters. The summed E-state index contributed by atoms with van der Waals surface area (Å²) in [4.78, 5) is 38.3.